The number of piperidine rings is 1. The van der Waals surface area contributed by atoms with Crippen LogP contribution in [0, 0.1) is 0 Å². The normalized spacial score (nSPS) is 15.4. The minimum atomic E-state index is 0.260. The Kier molecular flexibility index (Phi) is 5.25. The molecule has 0 spiro atoms. The fourth-order valence-electron chi connectivity index (χ4n) is 3.38. The average Bonchev–Trinajstić information content (AvgIpc) is 2.72. The number of anilines is 1. The van der Waals surface area contributed by atoms with E-state index in [0.29, 0.717) is 11.3 Å². The predicted octanol–water partition coefficient (Wildman–Crippen LogP) is 3.77. The van der Waals surface area contributed by atoms with Gasteiger partial charge < -0.3 is 5.11 Å². The maximum absolute atomic E-state index is 10.7. The van der Waals surface area contributed by atoms with Crippen LogP contribution in [0.15, 0.2) is 53.8 Å². The van der Waals surface area contributed by atoms with Crippen LogP contribution < -0.4 is 5.43 Å². The van der Waals surface area contributed by atoms with E-state index < -0.39 is 0 Å². The minimum absolute atomic E-state index is 0.260. The van der Waals surface area contributed by atoms with Crippen molar-refractivity contribution in [1.82, 2.24) is 14.9 Å². The second-order valence-corrected chi connectivity index (χ2v) is 6.80. The second kappa shape index (κ2) is 8.14. The lowest BCUT2D eigenvalue weighted by molar-refractivity contribution is 0.218. The number of likely N-dealkylation sites (tertiary alicyclic amines) is 1. The molecule has 2 N–H and O–H groups in total. The molecular weight excluding hydrogens is 338 g/mol. The van der Waals surface area contributed by atoms with Crippen LogP contribution >= 0.6 is 0 Å². The van der Waals surface area contributed by atoms with Crippen LogP contribution in [-0.2, 0) is 6.54 Å². The maximum atomic E-state index is 10.7. The van der Waals surface area contributed by atoms with Gasteiger partial charge in [0.15, 0.2) is 0 Å². The van der Waals surface area contributed by atoms with Crippen molar-refractivity contribution in [2.45, 2.75) is 25.8 Å². The first-order valence-electron chi connectivity index (χ1n) is 9.34. The number of fused-ring (bicyclic) bond motifs is 1. The number of hydrogen-bond acceptors (Lipinski definition) is 6. The van der Waals surface area contributed by atoms with Gasteiger partial charge >= 0.3 is 0 Å². The van der Waals surface area contributed by atoms with Gasteiger partial charge in [-0.1, -0.05) is 24.6 Å². The molecule has 1 aromatic carbocycles. The van der Waals surface area contributed by atoms with Crippen LogP contribution in [0.5, 0.6) is 5.75 Å². The van der Waals surface area contributed by atoms with Crippen LogP contribution in [0.3, 0.4) is 0 Å². The van der Waals surface area contributed by atoms with E-state index >= 15 is 0 Å². The molecule has 0 atom stereocenters. The van der Waals surface area contributed by atoms with E-state index in [1.54, 1.807) is 12.4 Å². The molecule has 0 saturated carbocycles. The standard InChI is InChI=1S/C21H23N5O/c27-21-17(15-26-12-4-1-5-13-26)8-7-16-9-10-19(24-20(16)21)25-23-14-18-6-2-3-11-22-18/h2-3,6-11,14,27H,1,4-5,12-13,15H2,(H,24,25)/b23-14+. The summed E-state index contributed by atoms with van der Waals surface area (Å²) in [4.78, 5) is 11.1. The fraction of sp³-hybridized carbons (Fsp3) is 0.286. The summed E-state index contributed by atoms with van der Waals surface area (Å²) in [7, 11) is 0. The van der Waals surface area contributed by atoms with Gasteiger partial charge in [-0.2, -0.15) is 5.10 Å². The Balaban J connectivity index is 1.53. The number of phenols is 1. The third-order valence-electron chi connectivity index (χ3n) is 4.83. The molecule has 1 aliphatic rings. The van der Waals surface area contributed by atoms with Gasteiger partial charge in [-0.05, 0) is 50.2 Å². The van der Waals surface area contributed by atoms with E-state index in [1.165, 1.54) is 19.3 Å². The molecule has 0 aliphatic carbocycles. The van der Waals surface area contributed by atoms with Gasteiger partial charge in [-0.25, -0.2) is 4.98 Å². The third kappa shape index (κ3) is 4.23. The molecule has 6 nitrogen and oxygen atoms in total. The number of phenolic OH excluding ortho intramolecular Hbond substituents is 1. The predicted molar refractivity (Wildman–Crippen MR) is 108 cm³/mol. The smallest absolute Gasteiger partial charge is 0.147 e. The number of benzene rings is 1. The molecule has 1 fully saturated rings. The highest BCUT2D eigenvalue weighted by Gasteiger charge is 2.14. The molecule has 6 heteroatoms. The summed E-state index contributed by atoms with van der Waals surface area (Å²) < 4.78 is 0. The molecule has 0 amide bonds. The lowest BCUT2D eigenvalue weighted by atomic mass is 10.1. The summed E-state index contributed by atoms with van der Waals surface area (Å²) in [6.07, 6.45) is 7.12. The summed E-state index contributed by atoms with van der Waals surface area (Å²) >= 11 is 0. The van der Waals surface area contributed by atoms with Gasteiger partial charge in [-0.3, -0.25) is 15.3 Å². The number of aromatic hydroxyl groups is 1. The fourth-order valence-corrected chi connectivity index (χ4v) is 3.38. The third-order valence-corrected chi connectivity index (χ3v) is 4.83. The number of pyridine rings is 2. The van der Waals surface area contributed by atoms with Crippen molar-refractivity contribution in [3.8, 4) is 5.75 Å². The Morgan fingerprint density at radius 2 is 1.93 bits per heavy atom. The number of rotatable bonds is 5. The first-order chi connectivity index (χ1) is 13.3. The van der Waals surface area contributed by atoms with E-state index in [0.717, 1.165) is 36.3 Å². The van der Waals surface area contributed by atoms with Crippen molar-refractivity contribution >= 4 is 22.9 Å². The van der Waals surface area contributed by atoms with Crippen LogP contribution in [0.4, 0.5) is 5.82 Å². The zero-order valence-corrected chi connectivity index (χ0v) is 15.2. The highest BCUT2D eigenvalue weighted by Crippen LogP contribution is 2.30. The van der Waals surface area contributed by atoms with Gasteiger partial charge in [0, 0.05) is 23.7 Å². The molecule has 0 unspecified atom stereocenters. The molecular formula is C21H23N5O. The summed E-state index contributed by atoms with van der Waals surface area (Å²) in [5.41, 5.74) is 5.19. The lowest BCUT2D eigenvalue weighted by Crippen LogP contribution is -2.29. The Bertz CT molecular complexity index is 936. The number of aromatic nitrogens is 2. The molecule has 1 saturated heterocycles. The van der Waals surface area contributed by atoms with E-state index in [-0.39, 0.29) is 5.75 Å². The Hall–Kier alpha value is -2.99. The first kappa shape index (κ1) is 17.4. The second-order valence-electron chi connectivity index (χ2n) is 6.80. The monoisotopic (exact) mass is 361 g/mol. The van der Waals surface area contributed by atoms with Crippen molar-refractivity contribution in [3.05, 3.63) is 59.9 Å². The SMILES string of the molecule is Oc1c(CN2CCCCC2)ccc2ccc(N/N=C/c3ccccn3)nc12. The lowest BCUT2D eigenvalue weighted by Gasteiger charge is -2.26. The molecule has 3 heterocycles. The number of nitrogens with one attached hydrogen (secondary N) is 1. The van der Waals surface area contributed by atoms with Gasteiger partial charge in [-0.15, -0.1) is 0 Å². The maximum Gasteiger partial charge on any atom is 0.147 e. The number of hydrazone groups is 1. The van der Waals surface area contributed by atoms with Gasteiger partial charge in [0.05, 0.1) is 11.9 Å². The van der Waals surface area contributed by atoms with Gasteiger partial charge in [0.1, 0.15) is 17.1 Å². The molecule has 0 radical (unpaired) electrons. The highest BCUT2D eigenvalue weighted by molar-refractivity contribution is 5.87. The van der Waals surface area contributed by atoms with Crippen LogP contribution in [-0.4, -0.2) is 39.3 Å². The summed E-state index contributed by atoms with van der Waals surface area (Å²) in [6.45, 7) is 2.95. The quantitative estimate of drug-likeness (QED) is 0.535. The Morgan fingerprint density at radius 1 is 1.07 bits per heavy atom. The summed E-state index contributed by atoms with van der Waals surface area (Å²) in [5.74, 6) is 0.843. The highest BCUT2D eigenvalue weighted by atomic mass is 16.3. The molecule has 27 heavy (non-hydrogen) atoms. The number of hydrogen-bond donors (Lipinski definition) is 2. The molecule has 1 aliphatic heterocycles. The van der Waals surface area contributed by atoms with Crippen molar-refractivity contribution in [2.75, 3.05) is 18.5 Å². The minimum Gasteiger partial charge on any atom is -0.505 e. The van der Waals surface area contributed by atoms with Crippen molar-refractivity contribution in [1.29, 1.82) is 0 Å². The molecule has 4 rings (SSSR count). The zero-order chi connectivity index (χ0) is 18.5. The largest absolute Gasteiger partial charge is 0.505 e. The topological polar surface area (TPSA) is 73.6 Å². The zero-order valence-electron chi connectivity index (χ0n) is 15.2. The summed E-state index contributed by atoms with van der Waals surface area (Å²) in [5, 5.41) is 15.8. The van der Waals surface area contributed by atoms with Crippen LogP contribution in [0.1, 0.15) is 30.5 Å². The van der Waals surface area contributed by atoms with Crippen molar-refractivity contribution < 1.29 is 5.11 Å². The number of nitrogens with zero attached hydrogens (tertiary/aromatic N) is 4. The van der Waals surface area contributed by atoms with E-state index in [9.17, 15) is 5.11 Å². The molecule has 138 valence electrons. The summed E-state index contributed by atoms with van der Waals surface area (Å²) in [6, 6.07) is 13.4. The van der Waals surface area contributed by atoms with Crippen LogP contribution in [0.25, 0.3) is 10.9 Å². The molecule has 3 aromatic rings. The van der Waals surface area contributed by atoms with E-state index in [4.69, 9.17) is 0 Å². The Labute approximate surface area is 158 Å². The van der Waals surface area contributed by atoms with Gasteiger partial charge in [0.2, 0.25) is 0 Å². The van der Waals surface area contributed by atoms with Crippen molar-refractivity contribution in [2.24, 2.45) is 5.10 Å². The first-order valence-corrected chi connectivity index (χ1v) is 9.34. The van der Waals surface area contributed by atoms with E-state index in [2.05, 4.69) is 25.4 Å². The Morgan fingerprint density at radius 3 is 2.74 bits per heavy atom. The molecule has 0 bridgehead atoms. The molecule has 2 aromatic heterocycles. The van der Waals surface area contributed by atoms with Gasteiger partial charge in [0.25, 0.3) is 0 Å². The average molecular weight is 361 g/mol. The van der Waals surface area contributed by atoms with E-state index in [1.807, 2.05) is 42.5 Å². The van der Waals surface area contributed by atoms with Crippen LogP contribution in [0.2, 0.25) is 0 Å². The van der Waals surface area contributed by atoms with Crippen molar-refractivity contribution in [3.63, 3.8) is 0 Å².